The Kier molecular flexibility index (Phi) is 5.08. The van der Waals surface area contributed by atoms with Crippen LogP contribution in [0.25, 0.3) is 0 Å². The number of carbonyl (C=O) groups excluding carboxylic acids is 1. The SMILES string of the molecule is COC1[C@H](OC)O[C@H](COC(=O)c2ccccc2)[C@@H]1O. The minimum absolute atomic E-state index is 0.0609. The summed E-state index contributed by atoms with van der Waals surface area (Å²) in [6.07, 6.45) is -2.85. The summed E-state index contributed by atoms with van der Waals surface area (Å²) in [4.78, 5) is 11.8. The molecule has 1 aromatic rings. The average Bonchev–Trinajstić information content (AvgIpc) is 2.81. The lowest BCUT2D eigenvalue weighted by molar-refractivity contribution is -0.159. The van der Waals surface area contributed by atoms with Crippen LogP contribution in [0.4, 0.5) is 0 Å². The van der Waals surface area contributed by atoms with Gasteiger partial charge in [0.15, 0.2) is 6.29 Å². The molecule has 2 rings (SSSR count). The summed E-state index contributed by atoms with van der Waals surface area (Å²) >= 11 is 0. The van der Waals surface area contributed by atoms with Gasteiger partial charge in [-0.15, -0.1) is 0 Å². The molecule has 0 saturated carbocycles. The molecule has 1 aliphatic rings. The second kappa shape index (κ2) is 6.81. The lowest BCUT2D eigenvalue weighted by atomic mass is 10.1. The fourth-order valence-electron chi connectivity index (χ4n) is 2.10. The fraction of sp³-hybridized carbons (Fsp3) is 0.500. The van der Waals surface area contributed by atoms with Crippen LogP contribution in [0.2, 0.25) is 0 Å². The maximum absolute atomic E-state index is 11.8. The lowest BCUT2D eigenvalue weighted by Gasteiger charge is -2.16. The highest BCUT2D eigenvalue weighted by Crippen LogP contribution is 2.24. The van der Waals surface area contributed by atoms with E-state index in [-0.39, 0.29) is 6.61 Å². The molecule has 0 radical (unpaired) electrons. The Morgan fingerprint density at radius 2 is 1.95 bits per heavy atom. The Hall–Kier alpha value is -1.47. The van der Waals surface area contributed by atoms with E-state index in [1.54, 1.807) is 24.3 Å². The van der Waals surface area contributed by atoms with Gasteiger partial charge in [0, 0.05) is 14.2 Å². The normalized spacial score (nSPS) is 29.4. The van der Waals surface area contributed by atoms with E-state index >= 15 is 0 Å². The molecule has 0 bridgehead atoms. The predicted molar refractivity (Wildman–Crippen MR) is 69.2 cm³/mol. The zero-order valence-corrected chi connectivity index (χ0v) is 11.4. The molecule has 1 aliphatic heterocycles. The van der Waals surface area contributed by atoms with E-state index < -0.39 is 30.6 Å². The zero-order chi connectivity index (χ0) is 14.5. The van der Waals surface area contributed by atoms with Crippen molar-refractivity contribution in [1.82, 2.24) is 0 Å². The van der Waals surface area contributed by atoms with Gasteiger partial charge in [0.25, 0.3) is 0 Å². The van der Waals surface area contributed by atoms with Crippen LogP contribution >= 0.6 is 0 Å². The van der Waals surface area contributed by atoms with Gasteiger partial charge in [-0.3, -0.25) is 0 Å². The van der Waals surface area contributed by atoms with Gasteiger partial charge in [-0.2, -0.15) is 0 Å². The first-order valence-corrected chi connectivity index (χ1v) is 6.28. The smallest absolute Gasteiger partial charge is 0.338 e. The average molecular weight is 282 g/mol. The van der Waals surface area contributed by atoms with E-state index in [2.05, 4.69) is 0 Å². The molecule has 110 valence electrons. The molecule has 1 aromatic carbocycles. The van der Waals surface area contributed by atoms with Gasteiger partial charge in [-0.1, -0.05) is 18.2 Å². The van der Waals surface area contributed by atoms with Gasteiger partial charge in [0.05, 0.1) is 5.56 Å². The standard InChI is InChI=1S/C14H18O6/c1-17-12-11(15)10(20-14(12)18-2)8-19-13(16)9-6-4-3-5-7-9/h3-7,10-12,14-15H,8H2,1-2H3/t10-,11+,12?,14-/m1/s1. The molecule has 0 aliphatic carbocycles. The van der Waals surface area contributed by atoms with Crippen molar-refractivity contribution in [1.29, 1.82) is 0 Å². The third-order valence-corrected chi connectivity index (χ3v) is 3.19. The molecule has 6 heteroatoms. The van der Waals surface area contributed by atoms with Crippen LogP contribution in [0, 0.1) is 0 Å². The fourth-order valence-corrected chi connectivity index (χ4v) is 2.10. The van der Waals surface area contributed by atoms with Crippen LogP contribution in [0.1, 0.15) is 10.4 Å². The Morgan fingerprint density at radius 1 is 1.25 bits per heavy atom. The van der Waals surface area contributed by atoms with Gasteiger partial charge in [-0.25, -0.2) is 4.79 Å². The molecule has 1 N–H and O–H groups in total. The third-order valence-electron chi connectivity index (χ3n) is 3.19. The van der Waals surface area contributed by atoms with Crippen molar-refractivity contribution < 1.29 is 28.8 Å². The first-order chi connectivity index (χ1) is 9.67. The van der Waals surface area contributed by atoms with Crippen molar-refractivity contribution in [2.45, 2.75) is 24.6 Å². The number of aliphatic hydroxyl groups excluding tert-OH is 1. The molecule has 1 fully saturated rings. The monoisotopic (exact) mass is 282 g/mol. The summed E-state index contributed by atoms with van der Waals surface area (Å²) in [5, 5.41) is 10.0. The molecule has 4 atom stereocenters. The number of carbonyl (C=O) groups is 1. The molecule has 1 heterocycles. The molecule has 0 amide bonds. The molecule has 1 saturated heterocycles. The highest BCUT2D eigenvalue weighted by atomic mass is 16.7. The maximum atomic E-state index is 11.8. The van der Waals surface area contributed by atoms with Gasteiger partial charge >= 0.3 is 5.97 Å². The van der Waals surface area contributed by atoms with E-state index in [1.165, 1.54) is 14.2 Å². The van der Waals surface area contributed by atoms with Crippen LogP contribution in [0.3, 0.4) is 0 Å². The quantitative estimate of drug-likeness (QED) is 0.797. The van der Waals surface area contributed by atoms with E-state index in [9.17, 15) is 9.90 Å². The topological polar surface area (TPSA) is 74.2 Å². The molecule has 6 nitrogen and oxygen atoms in total. The van der Waals surface area contributed by atoms with Gasteiger partial charge in [0.2, 0.25) is 0 Å². The minimum atomic E-state index is -0.909. The summed E-state index contributed by atoms with van der Waals surface area (Å²) in [5.74, 6) is -0.462. The van der Waals surface area contributed by atoms with Crippen molar-refractivity contribution in [2.75, 3.05) is 20.8 Å². The van der Waals surface area contributed by atoms with Crippen molar-refractivity contribution in [3.63, 3.8) is 0 Å². The number of methoxy groups -OCH3 is 2. The first kappa shape index (κ1) is 14.9. The Morgan fingerprint density at radius 3 is 2.50 bits per heavy atom. The maximum Gasteiger partial charge on any atom is 0.338 e. The van der Waals surface area contributed by atoms with E-state index in [4.69, 9.17) is 18.9 Å². The van der Waals surface area contributed by atoms with E-state index in [0.29, 0.717) is 5.56 Å². The predicted octanol–water partition coefficient (Wildman–Crippen LogP) is 0.591. The van der Waals surface area contributed by atoms with Crippen LogP contribution in [0.5, 0.6) is 0 Å². The molecule has 1 unspecified atom stereocenters. The zero-order valence-electron chi connectivity index (χ0n) is 11.4. The largest absolute Gasteiger partial charge is 0.459 e. The van der Waals surface area contributed by atoms with Gasteiger partial charge < -0.3 is 24.1 Å². The molecular weight excluding hydrogens is 264 g/mol. The van der Waals surface area contributed by atoms with Crippen molar-refractivity contribution in [3.8, 4) is 0 Å². The van der Waals surface area contributed by atoms with Crippen LogP contribution in [-0.2, 0) is 18.9 Å². The van der Waals surface area contributed by atoms with Crippen molar-refractivity contribution >= 4 is 5.97 Å². The second-order valence-corrected chi connectivity index (χ2v) is 4.43. The van der Waals surface area contributed by atoms with Crippen molar-refractivity contribution in [2.24, 2.45) is 0 Å². The summed E-state index contributed by atoms with van der Waals surface area (Å²) in [7, 11) is 2.92. The summed E-state index contributed by atoms with van der Waals surface area (Å²) < 4.78 is 20.7. The Balaban J connectivity index is 1.90. The second-order valence-electron chi connectivity index (χ2n) is 4.43. The Labute approximate surface area is 117 Å². The number of benzene rings is 1. The Bertz CT molecular complexity index is 435. The summed E-state index contributed by atoms with van der Waals surface area (Å²) in [5.41, 5.74) is 0.451. The van der Waals surface area contributed by atoms with Crippen LogP contribution in [0.15, 0.2) is 30.3 Å². The number of hydrogen-bond acceptors (Lipinski definition) is 6. The van der Waals surface area contributed by atoms with E-state index in [1.807, 2.05) is 6.07 Å². The molecule has 0 aromatic heterocycles. The number of esters is 1. The third kappa shape index (κ3) is 3.16. The number of ether oxygens (including phenoxy) is 4. The number of hydrogen-bond donors (Lipinski definition) is 1. The minimum Gasteiger partial charge on any atom is -0.459 e. The van der Waals surface area contributed by atoms with Crippen molar-refractivity contribution in [3.05, 3.63) is 35.9 Å². The molecule has 0 spiro atoms. The van der Waals surface area contributed by atoms with Gasteiger partial charge in [-0.05, 0) is 12.1 Å². The molecule has 20 heavy (non-hydrogen) atoms. The van der Waals surface area contributed by atoms with E-state index in [0.717, 1.165) is 0 Å². The van der Waals surface area contributed by atoms with Gasteiger partial charge in [0.1, 0.15) is 24.9 Å². The first-order valence-electron chi connectivity index (χ1n) is 6.28. The van der Waals surface area contributed by atoms with Crippen LogP contribution in [-0.4, -0.2) is 56.5 Å². The lowest BCUT2D eigenvalue weighted by Crippen LogP contribution is -2.36. The highest BCUT2D eigenvalue weighted by molar-refractivity contribution is 5.89. The summed E-state index contributed by atoms with van der Waals surface area (Å²) in [6, 6.07) is 8.63. The highest BCUT2D eigenvalue weighted by Gasteiger charge is 2.44. The number of aliphatic hydroxyl groups is 1. The summed E-state index contributed by atoms with van der Waals surface area (Å²) in [6.45, 7) is -0.0609. The number of rotatable bonds is 5. The van der Waals surface area contributed by atoms with Crippen LogP contribution < -0.4 is 0 Å². The molecular formula is C14H18O6.